The average Bonchev–Trinajstić information content (AvgIpc) is 2.57. The zero-order valence-corrected chi connectivity index (χ0v) is 9.05. The molecule has 0 radical (unpaired) electrons. The monoisotopic (exact) mass is 230 g/mol. The second-order valence-electron chi connectivity index (χ2n) is 4.03. The molecule has 15 heavy (non-hydrogen) atoms. The van der Waals surface area contributed by atoms with Gasteiger partial charge >= 0.3 is 0 Å². The number of aliphatic hydroxyl groups is 1. The van der Waals surface area contributed by atoms with E-state index in [1.807, 2.05) is 0 Å². The number of carbonyl (C=O) groups excluding carboxylic acids is 2. The van der Waals surface area contributed by atoms with Crippen molar-refractivity contribution in [1.82, 2.24) is 10.6 Å². The van der Waals surface area contributed by atoms with Crippen LogP contribution in [-0.4, -0.2) is 40.7 Å². The topological polar surface area (TPSA) is 78.4 Å². The molecule has 2 rings (SSSR count). The molecule has 3 N–H and O–H groups in total. The van der Waals surface area contributed by atoms with Crippen LogP contribution in [0.3, 0.4) is 0 Å². The normalized spacial score (nSPS) is 34.5. The van der Waals surface area contributed by atoms with E-state index >= 15 is 0 Å². The van der Waals surface area contributed by atoms with Gasteiger partial charge in [-0.25, -0.2) is 0 Å². The van der Waals surface area contributed by atoms with E-state index in [1.165, 1.54) is 0 Å². The average molecular weight is 230 g/mol. The number of hydrogen-bond acceptors (Lipinski definition) is 4. The second-order valence-corrected chi connectivity index (χ2v) is 5.02. The van der Waals surface area contributed by atoms with Gasteiger partial charge in [0, 0.05) is 12.3 Å². The predicted molar refractivity (Wildman–Crippen MR) is 56.5 cm³/mol. The molecule has 1 atom stereocenters. The Hall–Kier alpha value is -0.750. The Bertz CT molecular complexity index is 279. The lowest BCUT2D eigenvalue weighted by Gasteiger charge is -2.31. The first kappa shape index (κ1) is 10.8. The molecule has 0 aromatic carbocycles. The van der Waals surface area contributed by atoms with Crippen molar-refractivity contribution >= 4 is 22.9 Å². The third kappa shape index (κ3) is 2.63. The van der Waals surface area contributed by atoms with Crippen LogP contribution in [0.15, 0.2) is 0 Å². The Labute approximate surface area is 92.0 Å². The molecule has 1 saturated carbocycles. The molecule has 1 aliphatic carbocycles. The number of thioether (sulfide) groups is 1. The minimum Gasteiger partial charge on any atom is -0.393 e. The van der Waals surface area contributed by atoms with E-state index in [0.717, 1.165) is 24.6 Å². The highest BCUT2D eigenvalue weighted by Crippen LogP contribution is 2.26. The molecule has 5 nitrogen and oxygen atoms in total. The van der Waals surface area contributed by atoms with Gasteiger partial charge in [0.25, 0.3) is 5.24 Å². The van der Waals surface area contributed by atoms with Crippen LogP contribution in [0.4, 0.5) is 4.79 Å². The lowest BCUT2D eigenvalue weighted by Crippen LogP contribution is -2.46. The first-order chi connectivity index (χ1) is 7.15. The fourth-order valence-corrected chi connectivity index (χ4v) is 2.54. The number of amides is 2. The smallest absolute Gasteiger partial charge is 0.279 e. The second kappa shape index (κ2) is 4.40. The fourth-order valence-electron chi connectivity index (χ4n) is 1.76. The molecule has 1 saturated heterocycles. The molecule has 2 aliphatic rings. The molecule has 2 amide bonds. The highest BCUT2D eigenvalue weighted by molar-refractivity contribution is 8.14. The van der Waals surface area contributed by atoms with Gasteiger partial charge in [0.2, 0.25) is 5.91 Å². The highest BCUT2D eigenvalue weighted by atomic mass is 32.2. The number of hydrogen-bond donors (Lipinski definition) is 3. The summed E-state index contributed by atoms with van der Waals surface area (Å²) in [6.45, 7) is 0.604. The molecule has 0 spiro atoms. The van der Waals surface area contributed by atoms with Gasteiger partial charge < -0.3 is 15.7 Å². The molecule has 6 heteroatoms. The molecule has 1 heterocycles. The standard InChI is InChI=1S/C9H14N2O3S/c12-6-1-5(2-6)3-10-8(13)7-4-15-9(14)11-7/h5-7,12H,1-4H2,(H,10,13)(H,11,14). The van der Waals surface area contributed by atoms with E-state index in [4.69, 9.17) is 5.11 Å². The van der Waals surface area contributed by atoms with E-state index in [2.05, 4.69) is 10.6 Å². The summed E-state index contributed by atoms with van der Waals surface area (Å²) in [6.07, 6.45) is 1.35. The molecule has 2 fully saturated rings. The molecule has 84 valence electrons. The van der Waals surface area contributed by atoms with Gasteiger partial charge in [-0.15, -0.1) is 0 Å². The molecule has 0 aromatic rings. The summed E-state index contributed by atoms with van der Waals surface area (Å²) >= 11 is 1.14. The van der Waals surface area contributed by atoms with Crippen molar-refractivity contribution in [2.45, 2.75) is 25.0 Å². The van der Waals surface area contributed by atoms with Crippen LogP contribution in [0.2, 0.25) is 0 Å². The van der Waals surface area contributed by atoms with Gasteiger partial charge in [-0.1, -0.05) is 11.8 Å². The lowest BCUT2D eigenvalue weighted by molar-refractivity contribution is -0.122. The zero-order valence-electron chi connectivity index (χ0n) is 8.23. The Kier molecular flexibility index (Phi) is 3.16. The van der Waals surface area contributed by atoms with E-state index in [9.17, 15) is 9.59 Å². The molecule has 0 bridgehead atoms. The molecular formula is C9H14N2O3S. The van der Waals surface area contributed by atoms with Crippen LogP contribution < -0.4 is 10.6 Å². The Morgan fingerprint density at radius 2 is 2.33 bits per heavy atom. The molecule has 0 aromatic heterocycles. The summed E-state index contributed by atoms with van der Waals surface area (Å²) in [5, 5.41) is 14.3. The third-order valence-electron chi connectivity index (χ3n) is 2.77. The number of rotatable bonds is 3. The maximum atomic E-state index is 11.5. The number of nitrogens with one attached hydrogen (secondary N) is 2. The van der Waals surface area contributed by atoms with Crippen molar-refractivity contribution in [3.63, 3.8) is 0 Å². The van der Waals surface area contributed by atoms with Crippen molar-refractivity contribution in [1.29, 1.82) is 0 Å². The third-order valence-corrected chi connectivity index (χ3v) is 3.65. The summed E-state index contributed by atoms with van der Waals surface area (Å²) in [4.78, 5) is 22.4. The van der Waals surface area contributed by atoms with Crippen LogP contribution in [0.25, 0.3) is 0 Å². The van der Waals surface area contributed by atoms with E-state index in [0.29, 0.717) is 18.2 Å². The highest BCUT2D eigenvalue weighted by Gasteiger charge is 2.30. The molecule has 1 aliphatic heterocycles. The van der Waals surface area contributed by atoms with Crippen molar-refractivity contribution in [3.05, 3.63) is 0 Å². The van der Waals surface area contributed by atoms with Crippen LogP contribution in [0.1, 0.15) is 12.8 Å². The Balaban J connectivity index is 1.66. The van der Waals surface area contributed by atoms with E-state index < -0.39 is 0 Å². The minimum atomic E-state index is -0.382. The van der Waals surface area contributed by atoms with Gasteiger partial charge in [0.05, 0.1) is 6.10 Å². The largest absolute Gasteiger partial charge is 0.393 e. The predicted octanol–water partition coefficient (Wildman–Crippen LogP) is -0.302. The van der Waals surface area contributed by atoms with Gasteiger partial charge in [0.15, 0.2) is 0 Å². The van der Waals surface area contributed by atoms with Crippen molar-refractivity contribution < 1.29 is 14.7 Å². The zero-order chi connectivity index (χ0) is 10.8. The minimum absolute atomic E-state index is 0.116. The molecular weight excluding hydrogens is 216 g/mol. The van der Waals surface area contributed by atoms with Crippen LogP contribution in [0, 0.1) is 5.92 Å². The van der Waals surface area contributed by atoms with Crippen molar-refractivity contribution in [2.75, 3.05) is 12.3 Å². The SMILES string of the molecule is O=C1NC(C(=O)NCC2CC(O)C2)CS1. The van der Waals surface area contributed by atoms with Gasteiger partial charge in [-0.05, 0) is 18.8 Å². The van der Waals surface area contributed by atoms with Crippen LogP contribution in [-0.2, 0) is 4.79 Å². The first-order valence-electron chi connectivity index (χ1n) is 5.04. The lowest BCUT2D eigenvalue weighted by atomic mass is 9.82. The Morgan fingerprint density at radius 1 is 1.60 bits per heavy atom. The first-order valence-corrected chi connectivity index (χ1v) is 6.03. The summed E-state index contributed by atoms with van der Waals surface area (Å²) < 4.78 is 0. The van der Waals surface area contributed by atoms with E-state index in [-0.39, 0.29) is 23.3 Å². The van der Waals surface area contributed by atoms with Crippen LogP contribution in [0.5, 0.6) is 0 Å². The fraction of sp³-hybridized carbons (Fsp3) is 0.778. The van der Waals surface area contributed by atoms with Crippen molar-refractivity contribution in [2.24, 2.45) is 5.92 Å². The summed E-state index contributed by atoms with van der Waals surface area (Å²) in [7, 11) is 0. The maximum Gasteiger partial charge on any atom is 0.279 e. The van der Waals surface area contributed by atoms with Crippen LogP contribution >= 0.6 is 11.8 Å². The van der Waals surface area contributed by atoms with E-state index in [1.54, 1.807) is 0 Å². The van der Waals surface area contributed by atoms with Gasteiger partial charge in [-0.3, -0.25) is 9.59 Å². The number of aliphatic hydroxyl groups excluding tert-OH is 1. The summed E-state index contributed by atoms with van der Waals surface area (Å²) in [6, 6.07) is -0.382. The quantitative estimate of drug-likeness (QED) is 0.622. The number of carbonyl (C=O) groups is 2. The Morgan fingerprint density at radius 3 is 2.87 bits per heavy atom. The maximum absolute atomic E-state index is 11.5. The summed E-state index contributed by atoms with van der Waals surface area (Å²) in [5.74, 6) is 0.793. The van der Waals surface area contributed by atoms with Gasteiger partial charge in [0.1, 0.15) is 6.04 Å². The molecule has 1 unspecified atom stereocenters. The summed E-state index contributed by atoms with van der Waals surface area (Å²) in [5.41, 5.74) is 0. The van der Waals surface area contributed by atoms with Gasteiger partial charge in [-0.2, -0.15) is 0 Å². The van der Waals surface area contributed by atoms with Crippen molar-refractivity contribution in [3.8, 4) is 0 Å².